The van der Waals surface area contributed by atoms with Crippen LogP contribution in [-0.4, -0.2) is 32.4 Å². The number of unbranched alkanes of at least 4 members (excludes halogenated alkanes) is 2. The number of halogens is 1. The molecule has 0 aliphatic heterocycles. The summed E-state index contributed by atoms with van der Waals surface area (Å²) in [5, 5.41) is 11.0. The van der Waals surface area contributed by atoms with Crippen LogP contribution in [0.2, 0.25) is 19.1 Å². The summed E-state index contributed by atoms with van der Waals surface area (Å²) in [6.45, 7) is 12.4. The molecule has 0 saturated heterocycles. The molecular weight excluding hydrogens is 515 g/mol. The van der Waals surface area contributed by atoms with Crippen molar-refractivity contribution in [2.24, 2.45) is 11.8 Å². The molecule has 0 spiro atoms. The average molecular weight is 567 g/mol. The van der Waals surface area contributed by atoms with Crippen LogP contribution in [0.25, 0.3) is 11.1 Å². The van der Waals surface area contributed by atoms with Crippen molar-refractivity contribution in [1.82, 2.24) is 0 Å². The van der Waals surface area contributed by atoms with Crippen LogP contribution in [0, 0.1) is 17.7 Å². The molecule has 2 aromatic rings. The predicted octanol–water partition coefficient (Wildman–Crippen LogP) is 8.77. The van der Waals surface area contributed by atoms with Gasteiger partial charge in [-0.2, -0.15) is 0 Å². The molecule has 40 heavy (non-hydrogen) atoms. The SMILES string of the molecule is C=C(C)C(=O)OCC(CO)CCC[Si](C)(C)c1ccc(-c2ccc(C3CCC(CCCCC)CC3)cc2F)cc1. The monoisotopic (exact) mass is 566 g/mol. The molecule has 2 aromatic carbocycles. The van der Waals surface area contributed by atoms with Crippen molar-refractivity contribution in [2.75, 3.05) is 13.2 Å². The second kappa shape index (κ2) is 15.7. The standard InChI is InChI=1S/C35H51FO3Si/c1-6-7-8-10-27-12-14-29(15-13-27)31-18-21-33(34(36)23-31)30-16-19-32(20-17-30)40(4,5)22-9-11-28(24-37)25-39-35(38)26(2)3/h16-21,23,27-29,37H,2,6-15,22,24-25H2,1,3-5H3. The van der Waals surface area contributed by atoms with Crippen molar-refractivity contribution >= 4 is 19.2 Å². The van der Waals surface area contributed by atoms with Gasteiger partial charge in [0.2, 0.25) is 0 Å². The highest BCUT2D eigenvalue weighted by Crippen LogP contribution is 2.39. The lowest BCUT2D eigenvalue weighted by Gasteiger charge is -2.29. The van der Waals surface area contributed by atoms with Crippen molar-refractivity contribution in [1.29, 1.82) is 0 Å². The normalized spacial score (nSPS) is 18.4. The smallest absolute Gasteiger partial charge is 0.333 e. The Morgan fingerprint density at radius 3 is 2.38 bits per heavy atom. The number of benzene rings is 2. The van der Waals surface area contributed by atoms with E-state index in [0.717, 1.165) is 35.9 Å². The third kappa shape index (κ3) is 9.41. The largest absolute Gasteiger partial charge is 0.462 e. The summed E-state index contributed by atoms with van der Waals surface area (Å²) in [5.41, 5.74) is 3.14. The van der Waals surface area contributed by atoms with Crippen LogP contribution in [-0.2, 0) is 9.53 Å². The molecule has 1 atom stereocenters. The van der Waals surface area contributed by atoms with E-state index in [1.54, 1.807) is 13.0 Å². The Bertz CT molecular complexity index is 1090. The zero-order chi connectivity index (χ0) is 29.1. The van der Waals surface area contributed by atoms with Gasteiger partial charge in [-0.3, -0.25) is 0 Å². The van der Waals surface area contributed by atoms with Gasteiger partial charge in [-0.05, 0) is 68.1 Å². The van der Waals surface area contributed by atoms with Gasteiger partial charge in [0.25, 0.3) is 0 Å². The molecule has 0 amide bonds. The van der Waals surface area contributed by atoms with Crippen LogP contribution in [0.1, 0.15) is 89.5 Å². The van der Waals surface area contributed by atoms with Crippen LogP contribution in [0.15, 0.2) is 54.6 Å². The Balaban J connectivity index is 1.54. The summed E-state index contributed by atoms with van der Waals surface area (Å²) in [6.07, 6.45) is 12.0. The van der Waals surface area contributed by atoms with Crippen molar-refractivity contribution in [2.45, 2.75) is 103 Å². The summed E-state index contributed by atoms with van der Waals surface area (Å²) >= 11 is 0. The Labute approximate surface area is 243 Å². The van der Waals surface area contributed by atoms with E-state index in [0.29, 0.717) is 17.1 Å². The van der Waals surface area contributed by atoms with Crippen LogP contribution in [0.4, 0.5) is 4.39 Å². The Kier molecular flexibility index (Phi) is 12.6. The van der Waals surface area contributed by atoms with E-state index >= 15 is 4.39 Å². The van der Waals surface area contributed by atoms with Crippen LogP contribution < -0.4 is 5.19 Å². The molecule has 5 heteroatoms. The van der Waals surface area contributed by atoms with E-state index in [2.05, 4.69) is 56.9 Å². The van der Waals surface area contributed by atoms with Gasteiger partial charge in [0, 0.05) is 23.7 Å². The maximum atomic E-state index is 15.3. The van der Waals surface area contributed by atoms with E-state index in [1.807, 2.05) is 6.07 Å². The van der Waals surface area contributed by atoms with Crippen molar-refractivity contribution in [3.05, 3.63) is 66.0 Å². The summed E-state index contributed by atoms with van der Waals surface area (Å²) in [7, 11) is -1.70. The molecule has 1 fully saturated rings. The van der Waals surface area contributed by atoms with Gasteiger partial charge in [0.1, 0.15) is 5.82 Å². The molecular formula is C35H51FO3Si. The zero-order valence-corrected chi connectivity index (χ0v) is 26.3. The molecule has 0 bridgehead atoms. The number of carbonyl (C=O) groups is 1. The highest BCUT2D eigenvalue weighted by atomic mass is 28.3. The van der Waals surface area contributed by atoms with Gasteiger partial charge in [-0.25, -0.2) is 9.18 Å². The zero-order valence-electron chi connectivity index (χ0n) is 25.3. The van der Waals surface area contributed by atoms with E-state index in [4.69, 9.17) is 4.74 Å². The third-order valence-corrected chi connectivity index (χ3v) is 12.5. The highest BCUT2D eigenvalue weighted by Gasteiger charge is 2.25. The van der Waals surface area contributed by atoms with Gasteiger partial charge in [0.15, 0.2) is 0 Å². The lowest BCUT2D eigenvalue weighted by Crippen LogP contribution is -2.41. The maximum Gasteiger partial charge on any atom is 0.333 e. The lowest BCUT2D eigenvalue weighted by atomic mass is 9.77. The molecule has 3 nitrogen and oxygen atoms in total. The first-order valence-corrected chi connectivity index (χ1v) is 18.7. The predicted molar refractivity (Wildman–Crippen MR) is 168 cm³/mol. The summed E-state index contributed by atoms with van der Waals surface area (Å²) < 4.78 is 20.5. The minimum atomic E-state index is -1.70. The van der Waals surface area contributed by atoms with Crippen molar-refractivity contribution < 1.29 is 19.0 Å². The van der Waals surface area contributed by atoms with Crippen LogP contribution in [0.5, 0.6) is 0 Å². The summed E-state index contributed by atoms with van der Waals surface area (Å²) in [5.74, 6) is 0.778. The molecule has 0 aromatic heterocycles. The number of hydrogen-bond donors (Lipinski definition) is 1. The first kappa shape index (κ1) is 32.3. The van der Waals surface area contributed by atoms with Crippen LogP contribution in [0.3, 0.4) is 0 Å². The lowest BCUT2D eigenvalue weighted by molar-refractivity contribution is -0.140. The topological polar surface area (TPSA) is 46.5 Å². The van der Waals surface area contributed by atoms with E-state index < -0.39 is 14.0 Å². The number of ether oxygens (including phenoxy) is 1. The molecule has 0 heterocycles. The fraction of sp³-hybridized carbons (Fsp3) is 0.571. The van der Waals surface area contributed by atoms with Gasteiger partial charge in [0.05, 0.1) is 14.7 Å². The van der Waals surface area contributed by atoms with Crippen LogP contribution >= 0.6 is 0 Å². The first-order chi connectivity index (χ1) is 19.1. The molecule has 3 rings (SSSR count). The summed E-state index contributed by atoms with van der Waals surface area (Å²) in [6, 6.07) is 15.5. The van der Waals surface area contributed by atoms with Gasteiger partial charge >= 0.3 is 5.97 Å². The Morgan fingerprint density at radius 1 is 1.07 bits per heavy atom. The van der Waals surface area contributed by atoms with Gasteiger partial charge < -0.3 is 9.84 Å². The Hall–Kier alpha value is -2.24. The van der Waals surface area contributed by atoms with Gasteiger partial charge in [-0.1, -0.05) is 106 Å². The maximum absolute atomic E-state index is 15.3. The number of rotatable bonds is 15. The number of aliphatic hydroxyl groups is 1. The molecule has 1 aliphatic carbocycles. The number of esters is 1. The number of carbonyl (C=O) groups excluding carboxylic acids is 1. The van der Waals surface area contributed by atoms with Crippen molar-refractivity contribution in [3.63, 3.8) is 0 Å². The average Bonchev–Trinajstić information content (AvgIpc) is 2.95. The molecule has 0 radical (unpaired) electrons. The first-order valence-electron chi connectivity index (χ1n) is 15.5. The Morgan fingerprint density at radius 2 is 1.77 bits per heavy atom. The van der Waals surface area contributed by atoms with Crippen molar-refractivity contribution in [3.8, 4) is 11.1 Å². The van der Waals surface area contributed by atoms with Gasteiger partial charge in [-0.15, -0.1) is 0 Å². The molecule has 1 aliphatic rings. The summed E-state index contributed by atoms with van der Waals surface area (Å²) in [4.78, 5) is 11.6. The third-order valence-electron chi connectivity index (χ3n) is 8.98. The number of hydrogen-bond acceptors (Lipinski definition) is 3. The van der Waals surface area contributed by atoms with E-state index in [1.165, 1.54) is 56.6 Å². The molecule has 1 saturated carbocycles. The quantitative estimate of drug-likeness (QED) is 0.101. The fourth-order valence-corrected chi connectivity index (χ4v) is 8.55. The molecule has 1 unspecified atom stereocenters. The minimum absolute atomic E-state index is 0.00478. The fourth-order valence-electron chi connectivity index (χ4n) is 6.11. The minimum Gasteiger partial charge on any atom is -0.462 e. The van der Waals surface area contributed by atoms with E-state index in [-0.39, 0.29) is 24.9 Å². The second-order valence-corrected chi connectivity index (χ2v) is 17.6. The second-order valence-electron chi connectivity index (χ2n) is 12.7. The van der Waals surface area contributed by atoms with E-state index in [9.17, 15) is 9.90 Å². The number of aliphatic hydroxyl groups excluding tert-OH is 1. The highest BCUT2D eigenvalue weighted by molar-refractivity contribution is 6.89. The molecule has 1 N–H and O–H groups in total. The molecule has 220 valence electrons.